The molecule has 0 N–H and O–H groups in total. The van der Waals surface area contributed by atoms with Gasteiger partial charge in [-0.15, -0.1) is 0 Å². The molecule has 0 saturated carbocycles. The van der Waals surface area contributed by atoms with Gasteiger partial charge in [0.15, 0.2) is 5.82 Å². The topological polar surface area (TPSA) is 44.9 Å². The minimum Gasteiger partial charge on any atom is -0.350 e. The van der Waals surface area contributed by atoms with Crippen LogP contribution < -0.4 is 0 Å². The van der Waals surface area contributed by atoms with Crippen molar-refractivity contribution in [1.82, 2.24) is 14.5 Å². The number of aromatic nitrogens is 2. The molecule has 0 saturated heterocycles. The molecule has 0 spiro atoms. The summed E-state index contributed by atoms with van der Waals surface area (Å²) in [6.07, 6.45) is 5.98. The van der Waals surface area contributed by atoms with Crippen LogP contribution in [0.4, 0.5) is 0 Å². The van der Waals surface area contributed by atoms with E-state index in [1.165, 1.54) is 0 Å². The highest BCUT2D eigenvalue weighted by Gasteiger charge is 2.18. The highest BCUT2D eigenvalue weighted by Crippen LogP contribution is 2.26. The van der Waals surface area contributed by atoms with Crippen molar-refractivity contribution in [2.24, 2.45) is 7.05 Å². The van der Waals surface area contributed by atoms with Crippen LogP contribution in [0.15, 0.2) is 53.9 Å². The Morgan fingerprint density at radius 2 is 1.95 bits per heavy atom. The third-order valence-electron chi connectivity index (χ3n) is 3.66. The van der Waals surface area contributed by atoms with Crippen LogP contribution in [0.1, 0.15) is 12.7 Å². The Morgan fingerprint density at radius 3 is 2.62 bits per heavy atom. The first-order valence-electron chi connectivity index (χ1n) is 6.77. The maximum absolute atomic E-state index is 9.62. The number of allylic oxidation sites excluding steroid dienone is 4. The third-order valence-corrected chi connectivity index (χ3v) is 3.66. The molecule has 0 unspecified atom stereocenters. The largest absolute Gasteiger partial charge is 0.350 e. The van der Waals surface area contributed by atoms with Gasteiger partial charge in [0.1, 0.15) is 11.6 Å². The van der Waals surface area contributed by atoms with E-state index >= 15 is 0 Å². The Labute approximate surface area is 123 Å². The summed E-state index contributed by atoms with van der Waals surface area (Å²) in [5.74, 6) is 0.693. The first-order valence-corrected chi connectivity index (χ1v) is 6.77. The maximum atomic E-state index is 9.62. The second-order valence-electron chi connectivity index (χ2n) is 5.17. The minimum absolute atomic E-state index is 0.580. The lowest BCUT2D eigenvalue weighted by atomic mass is 10.1. The van der Waals surface area contributed by atoms with E-state index in [4.69, 9.17) is 0 Å². The van der Waals surface area contributed by atoms with Crippen LogP contribution >= 0.6 is 0 Å². The molecule has 0 amide bonds. The number of benzene rings is 1. The van der Waals surface area contributed by atoms with Crippen LogP contribution in [0.5, 0.6) is 0 Å². The number of rotatable bonds is 1. The van der Waals surface area contributed by atoms with Crippen LogP contribution in [0, 0.1) is 11.3 Å². The van der Waals surface area contributed by atoms with Crippen molar-refractivity contribution in [3.05, 3.63) is 59.7 Å². The molecule has 1 aliphatic rings. The average molecular weight is 276 g/mol. The van der Waals surface area contributed by atoms with Gasteiger partial charge in [0.25, 0.3) is 0 Å². The van der Waals surface area contributed by atoms with Gasteiger partial charge < -0.3 is 9.47 Å². The smallest absolute Gasteiger partial charge is 0.153 e. The van der Waals surface area contributed by atoms with E-state index in [-0.39, 0.29) is 0 Å². The number of fused-ring (bicyclic) bond motifs is 1. The molecule has 1 aromatic carbocycles. The van der Waals surface area contributed by atoms with E-state index in [2.05, 4.69) is 11.1 Å². The summed E-state index contributed by atoms with van der Waals surface area (Å²) in [5.41, 5.74) is 4.52. The fourth-order valence-electron chi connectivity index (χ4n) is 2.60. The highest BCUT2D eigenvalue weighted by molar-refractivity contribution is 5.85. The second-order valence-corrected chi connectivity index (χ2v) is 5.17. The van der Waals surface area contributed by atoms with Gasteiger partial charge in [0, 0.05) is 20.3 Å². The summed E-state index contributed by atoms with van der Waals surface area (Å²) < 4.78 is 1.97. The van der Waals surface area contributed by atoms with Crippen molar-refractivity contribution < 1.29 is 0 Å². The van der Waals surface area contributed by atoms with Crippen molar-refractivity contribution in [3.63, 3.8) is 0 Å². The van der Waals surface area contributed by atoms with Crippen molar-refractivity contribution in [3.8, 4) is 6.07 Å². The summed E-state index contributed by atoms with van der Waals surface area (Å²) in [6.45, 7) is 2.03. The molecule has 0 fully saturated rings. The minimum atomic E-state index is 0.580. The molecule has 4 nitrogen and oxygen atoms in total. The van der Waals surface area contributed by atoms with Gasteiger partial charge in [-0.05, 0) is 30.7 Å². The van der Waals surface area contributed by atoms with Gasteiger partial charge in [-0.3, -0.25) is 0 Å². The highest BCUT2D eigenvalue weighted by atomic mass is 15.1. The molecular weight excluding hydrogens is 260 g/mol. The Morgan fingerprint density at radius 1 is 1.19 bits per heavy atom. The van der Waals surface area contributed by atoms with Crippen molar-refractivity contribution in [1.29, 1.82) is 5.26 Å². The van der Waals surface area contributed by atoms with E-state index in [1.807, 2.05) is 73.1 Å². The Balaban J connectivity index is 2.23. The van der Waals surface area contributed by atoms with Crippen molar-refractivity contribution in [2.75, 3.05) is 7.05 Å². The Bertz CT molecular complexity index is 843. The van der Waals surface area contributed by atoms with E-state index < -0.39 is 0 Å². The fourth-order valence-corrected chi connectivity index (χ4v) is 2.60. The number of aryl methyl sites for hydroxylation is 1. The lowest BCUT2D eigenvalue weighted by Crippen LogP contribution is -2.15. The summed E-state index contributed by atoms with van der Waals surface area (Å²) in [6, 6.07) is 10.2. The monoisotopic (exact) mass is 276 g/mol. The van der Waals surface area contributed by atoms with Crippen LogP contribution in [0.25, 0.3) is 16.6 Å². The Kier molecular flexibility index (Phi) is 3.11. The number of hydrogen-bond donors (Lipinski definition) is 0. The first kappa shape index (κ1) is 13.2. The van der Waals surface area contributed by atoms with Crippen LogP contribution in [0.2, 0.25) is 0 Å². The fraction of sp³-hybridized carbons (Fsp3) is 0.176. The lowest BCUT2D eigenvalue weighted by molar-refractivity contribution is 0.580. The molecule has 4 heteroatoms. The van der Waals surface area contributed by atoms with Gasteiger partial charge in [-0.25, -0.2) is 4.98 Å². The van der Waals surface area contributed by atoms with Gasteiger partial charge in [0.05, 0.1) is 16.7 Å². The second kappa shape index (κ2) is 4.95. The molecule has 2 heterocycles. The normalized spacial score (nSPS) is 16.9. The molecule has 0 aliphatic carbocycles. The molecule has 104 valence electrons. The predicted molar refractivity (Wildman–Crippen MR) is 83.9 cm³/mol. The average Bonchev–Trinajstić information content (AvgIpc) is 2.80. The molecule has 0 bridgehead atoms. The van der Waals surface area contributed by atoms with Gasteiger partial charge in [-0.1, -0.05) is 18.2 Å². The van der Waals surface area contributed by atoms with E-state index in [1.54, 1.807) is 0 Å². The van der Waals surface area contributed by atoms with Gasteiger partial charge in [0.2, 0.25) is 0 Å². The molecule has 2 aromatic rings. The van der Waals surface area contributed by atoms with E-state index in [0.29, 0.717) is 11.4 Å². The number of nitriles is 1. The Hall–Kier alpha value is -2.80. The summed E-state index contributed by atoms with van der Waals surface area (Å²) >= 11 is 0. The molecule has 3 rings (SSSR count). The van der Waals surface area contributed by atoms with Gasteiger partial charge >= 0.3 is 0 Å². The molecular formula is C17H16N4. The van der Waals surface area contributed by atoms with Crippen LogP contribution in [0.3, 0.4) is 0 Å². The number of hydrogen-bond acceptors (Lipinski definition) is 3. The third kappa shape index (κ3) is 2.13. The zero-order chi connectivity index (χ0) is 15.0. The zero-order valence-corrected chi connectivity index (χ0v) is 12.3. The number of para-hydroxylation sites is 2. The molecule has 1 aliphatic heterocycles. The number of nitrogens with zero attached hydrogens (tertiary/aromatic N) is 4. The molecule has 21 heavy (non-hydrogen) atoms. The quantitative estimate of drug-likeness (QED) is 0.751. The predicted octanol–water partition coefficient (Wildman–Crippen LogP) is 3.21. The first-order chi connectivity index (χ1) is 10.1. The SMILES string of the molecule is CC1=CN(C)/C(=C(\C#N)c2nc3ccccc3n2C)C=C1. The van der Waals surface area contributed by atoms with Crippen molar-refractivity contribution >= 4 is 16.6 Å². The maximum Gasteiger partial charge on any atom is 0.153 e. The zero-order valence-electron chi connectivity index (χ0n) is 12.3. The number of likely N-dealkylation sites (N-methyl/N-ethyl adjacent to an activating group) is 1. The molecule has 0 radical (unpaired) electrons. The summed E-state index contributed by atoms with van der Waals surface area (Å²) in [5, 5.41) is 9.62. The van der Waals surface area contributed by atoms with E-state index in [9.17, 15) is 5.26 Å². The van der Waals surface area contributed by atoms with Crippen LogP contribution in [-0.4, -0.2) is 21.5 Å². The number of imidazole rings is 1. The van der Waals surface area contributed by atoms with Crippen LogP contribution in [-0.2, 0) is 7.05 Å². The van der Waals surface area contributed by atoms with Gasteiger partial charge in [-0.2, -0.15) is 5.26 Å². The lowest BCUT2D eigenvalue weighted by Gasteiger charge is -2.21. The summed E-state index contributed by atoms with van der Waals surface area (Å²) in [7, 11) is 3.89. The summed E-state index contributed by atoms with van der Waals surface area (Å²) in [4.78, 5) is 6.58. The molecule has 0 atom stereocenters. The van der Waals surface area contributed by atoms with Crippen molar-refractivity contribution in [2.45, 2.75) is 6.92 Å². The standard InChI is InChI=1S/C17H16N4/c1-12-8-9-15(20(2)11-12)13(10-18)17-19-14-6-4-5-7-16(14)21(17)3/h4-9,11H,1-3H3/b15-13+. The van der Waals surface area contributed by atoms with E-state index in [0.717, 1.165) is 22.3 Å². The molecule has 1 aromatic heterocycles.